The van der Waals surface area contributed by atoms with E-state index in [1.165, 1.54) is 6.92 Å². The van der Waals surface area contributed by atoms with E-state index in [0.29, 0.717) is 12.4 Å². The molecule has 0 heterocycles. The van der Waals surface area contributed by atoms with Gasteiger partial charge in [0.15, 0.2) is 6.10 Å². The molecule has 30 heavy (non-hydrogen) atoms. The second-order valence-electron chi connectivity index (χ2n) is 7.98. The third-order valence-corrected chi connectivity index (χ3v) is 3.94. The van der Waals surface area contributed by atoms with Gasteiger partial charge in [-0.25, -0.2) is 9.59 Å². The Labute approximate surface area is 179 Å². The van der Waals surface area contributed by atoms with E-state index in [1.807, 2.05) is 37.3 Å². The molecule has 1 unspecified atom stereocenters. The lowest BCUT2D eigenvalue weighted by atomic mass is 10.1. The van der Waals surface area contributed by atoms with E-state index in [0.717, 1.165) is 6.42 Å². The largest absolute Gasteiger partial charge is 0.483 e. The zero-order valence-corrected chi connectivity index (χ0v) is 18.8. The molecule has 7 heteroatoms. The second kappa shape index (κ2) is 12.2. The van der Waals surface area contributed by atoms with Crippen molar-refractivity contribution >= 4 is 12.1 Å². The van der Waals surface area contributed by atoms with E-state index in [2.05, 4.69) is 11.9 Å². The zero-order chi connectivity index (χ0) is 22.7. The van der Waals surface area contributed by atoms with E-state index in [-0.39, 0.29) is 0 Å². The number of carbonyl (C=O) groups excluding carboxylic acids is 2. The Hall–Kier alpha value is -2.54. The molecule has 0 spiro atoms. The fourth-order valence-electron chi connectivity index (χ4n) is 2.53. The van der Waals surface area contributed by atoms with E-state index < -0.39 is 42.0 Å². The summed E-state index contributed by atoms with van der Waals surface area (Å²) >= 11 is 0. The summed E-state index contributed by atoms with van der Waals surface area (Å²) in [6.07, 6.45) is 0.00668. The van der Waals surface area contributed by atoms with Crippen LogP contribution in [-0.2, 0) is 19.0 Å². The molecule has 0 radical (unpaired) electrons. The van der Waals surface area contributed by atoms with Gasteiger partial charge in [0.1, 0.15) is 29.6 Å². The number of benzene rings is 1. The molecule has 0 fully saturated rings. The Morgan fingerprint density at radius 2 is 1.80 bits per heavy atom. The molecule has 1 aromatic rings. The van der Waals surface area contributed by atoms with Crippen LogP contribution in [0.5, 0.6) is 5.75 Å². The minimum Gasteiger partial charge on any atom is -0.483 e. The minimum absolute atomic E-state index is 0.484. The predicted molar refractivity (Wildman–Crippen MR) is 115 cm³/mol. The van der Waals surface area contributed by atoms with Crippen LogP contribution < -0.4 is 10.1 Å². The van der Waals surface area contributed by atoms with E-state index >= 15 is 0 Å². The molecular weight excluding hydrogens is 386 g/mol. The number of hydrogen-bond acceptors (Lipinski definition) is 6. The number of alkyl carbamates (subject to hydrolysis) is 1. The van der Waals surface area contributed by atoms with Crippen LogP contribution in [0.4, 0.5) is 4.79 Å². The first-order valence-corrected chi connectivity index (χ1v) is 10.2. The normalized spacial score (nSPS) is 15.3. The van der Waals surface area contributed by atoms with Crippen molar-refractivity contribution in [3.05, 3.63) is 43.0 Å². The van der Waals surface area contributed by atoms with Crippen LogP contribution in [0.1, 0.15) is 48.0 Å². The van der Waals surface area contributed by atoms with Crippen LogP contribution in [0.15, 0.2) is 43.0 Å². The fraction of sp³-hybridized carbons (Fsp3) is 0.565. The number of hydrogen-bond donors (Lipinski definition) is 1. The van der Waals surface area contributed by atoms with Crippen molar-refractivity contribution in [2.45, 2.75) is 77.9 Å². The summed E-state index contributed by atoms with van der Waals surface area (Å²) in [5.41, 5.74) is -0.663. The predicted octanol–water partition coefficient (Wildman–Crippen LogP) is 4.26. The molecule has 0 aliphatic carbocycles. The van der Waals surface area contributed by atoms with Gasteiger partial charge in [-0.1, -0.05) is 31.2 Å². The van der Waals surface area contributed by atoms with Gasteiger partial charge in [-0.2, -0.15) is 0 Å². The summed E-state index contributed by atoms with van der Waals surface area (Å²) in [5, 5.41) is 2.48. The lowest BCUT2D eigenvalue weighted by molar-refractivity contribution is -0.158. The molecule has 0 saturated heterocycles. The molecule has 1 rings (SSSR count). The Morgan fingerprint density at radius 3 is 2.33 bits per heavy atom. The highest BCUT2D eigenvalue weighted by atomic mass is 16.6. The second-order valence-corrected chi connectivity index (χ2v) is 7.98. The maximum atomic E-state index is 12.5. The Morgan fingerprint density at radius 1 is 1.17 bits per heavy atom. The van der Waals surface area contributed by atoms with E-state index in [9.17, 15) is 9.59 Å². The highest BCUT2D eigenvalue weighted by Crippen LogP contribution is 2.19. The molecular formula is C23H35NO6. The van der Waals surface area contributed by atoms with Crippen LogP contribution in [0.25, 0.3) is 0 Å². The molecule has 0 aromatic heterocycles. The lowest BCUT2D eigenvalue weighted by Crippen LogP contribution is -2.47. The summed E-state index contributed by atoms with van der Waals surface area (Å²) in [6, 6.07) is 8.33. The van der Waals surface area contributed by atoms with Gasteiger partial charge in [0, 0.05) is 6.61 Å². The van der Waals surface area contributed by atoms with Crippen molar-refractivity contribution in [1.82, 2.24) is 5.32 Å². The topological polar surface area (TPSA) is 83.1 Å². The molecule has 0 saturated carbocycles. The van der Waals surface area contributed by atoms with Gasteiger partial charge >= 0.3 is 12.1 Å². The maximum Gasteiger partial charge on any atom is 0.408 e. The van der Waals surface area contributed by atoms with Crippen LogP contribution in [0.3, 0.4) is 0 Å². The quantitative estimate of drug-likeness (QED) is 0.425. The molecule has 0 bridgehead atoms. The van der Waals surface area contributed by atoms with E-state index in [1.54, 1.807) is 33.8 Å². The number of amides is 1. The highest BCUT2D eigenvalue weighted by Gasteiger charge is 2.32. The van der Waals surface area contributed by atoms with E-state index in [4.69, 9.17) is 18.9 Å². The molecule has 0 aliphatic rings. The molecule has 7 nitrogen and oxygen atoms in total. The summed E-state index contributed by atoms with van der Waals surface area (Å²) in [5.74, 6) is 0.0191. The third kappa shape index (κ3) is 9.31. The number of esters is 1. The first-order valence-electron chi connectivity index (χ1n) is 10.2. The summed E-state index contributed by atoms with van der Waals surface area (Å²) < 4.78 is 22.7. The molecule has 0 aliphatic heterocycles. The van der Waals surface area contributed by atoms with Crippen molar-refractivity contribution in [1.29, 1.82) is 0 Å². The Bertz CT molecular complexity index is 670. The van der Waals surface area contributed by atoms with Crippen molar-refractivity contribution in [3.8, 4) is 5.75 Å². The van der Waals surface area contributed by atoms with Gasteiger partial charge in [0.25, 0.3) is 0 Å². The molecule has 1 aromatic carbocycles. The average Bonchev–Trinajstić information content (AvgIpc) is 2.66. The van der Waals surface area contributed by atoms with Gasteiger partial charge in [0.05, 0.1) is 0 Å². The number of nitrogens with one attached hydrogen (secondary N) is 1. The van der Waals surface area contributed by atoms with Crippen molar-refractivity contribution < 1.29 is 28.5 Å². The summed E-state index contributed by atoms with van der Waals surface area (Å²) in [4.78, 5) is 24.4. The van der Waals surface area contributed by atoms with Gasteiger partial charge in [-0.05, 0) is 53.2 Å². The van der Waals surface area contributed by atoms with Gasteiger partial charge in [-0.3, -0.25) is 0 Å². The SMILES string of the molecule is C=C[C@H](OCCC)[C@@H](Oc1ccccc1)[C@H](C)OC(=O)C(C)NC(=O)OC(C)(C)C. The Balaban J connectivity index is 2.84. The maximum absolute atomic E-state index is 12.5. The standard InChI is InChI=1S/C23H35NO6/c1-8-15-27-19(9-2)20(29-18-13-11-10-12-14-18)17(4)28-21(25)16(3)24-22(26)30-23(5,6)7/h9-14,16-17,19-20H,2,8,15H2,1,3-7H3,(H,24,26)/t16?,17-,19-,20-/m0/s1. The molecule has 1 amide bonds. The first-order chi connectivity index (χ1) is 14.1. The average molecular weight is 422 g/mol. The van der Waals surface area contributed by atoms with Gasteiger partial charge in [-0.15, -0.1) is 6.58 Å². The van der Waals surface area contributed by atoms with Crippen molar-refractivity contribution in [3.63, 3.8) is 0 Å². The number of rotatable bonds is 11. The minimum atomic E-state index is -0.890. The first kappa shape index (κ1) is 25.5. The molecule has 4 atom stereocenters. The monoisotopic (exact) mass is 421 g/mol. The number of carbonyl (C=O) groups is 2. The number of para-hydroxylation sites is 1. The van der Waals surface area contributed by atoms with Crippen molar-refractivity contribution in [2.24, 2.45) is 0 Å². The van der Waals surface area contributed by atoms with Crippen LogP contribution in [-0.4, -0.2) is 48.6 Å². The summed E-state index contributed by atoms with van der Waals surface area (Å²) in [7, 11) is 0. The highest BCUT2D eigenvalue weighted by molar-refractivity contribution is 5.81. The molecule has 168 valence electrons. The van der Waals surface area contributed by atoms with Crippen LogP contribution in [0.2, 0.25) is 0 Å². The van der Waals surface area contributed by atoms with Crippen LogP contribution >= 0.6 is 0 Å². The van der Waals surface area contributed by atoms with Gasteiger partial charge in [0.2, 0.25) is 0 Å². The molecule has 1 N–H and O–H groups in total. The third-order valence-electron chi connectivity index (χ3n) is 3.94. The van der Waals surface area contributed by atoms with Crippen molar-refractivity contribution in [2.75, 3.05) is 6.61 Å². The smallest absolute Gasteiger partial charge is 0.408 e. The van der Waals surface area contributed by atoms with Gasteiger partial charge < -0.3 is 24.3 Å². The zero-order valence-electron chi connectivity index (χ0n) is 18.8. The lowest BCUT2D eigenvalue weighted by Gasteiger charge is -2.31. The summed E-state index contributed by atoms with van der Waals surface area (Å²) in [6.45, 7) is 14.8. The Kier molecular flexibility index (Phi) is 10.4. The number of ether oxygens (including phenoxy) is 4. The fourth-order valence-corrected chi connectivity index (χ4v) is 2.53. The van der Waals surface area contributed by atoms with Crippen LogP contribution in [0, 0.1) is 0 Å².